The molecule has 180 valence electrons. The molecule has 0 aromatic heterocycles. The standard InChI is InChI=1S/C24H32ClN3O4S/c1-18(2)16-26-24(30)19(3)27(14-13-20-9-6-5-7-10-20)23(29)17-28(33(4,31)32)22-12-8-11-21(25)15-22/h5-12,15,18-19H,13-14,16-17H2,1-4H3,(H,26,30)/t19-/m1/s1. The van der Waals surface area contributed by atoms with Gasteiger partial charge in [-0.05, 0) is 43.0 Å². The van der Waals surface area contributed by atoms with Crippen molar-refractivity contribution in [3.8, 4) is 0 Å². The summed E-state index contributed by atoms with van der Waals surface area (Å²) in [5.41, 5.74) is 1.30. The molecule has 33 heavy (non-hydrogen) atoms. The summed E-state index contributed by atoms with van der Waals surface area (Å²) in [6.07, 6.45) is 1.57. The van der Waals surface area contributed by atoms with E-state index in [9.17, 15) is 18.0 Å². The third-order valence-electron chi connectivity index (χ3n) is 5.11. The molecule has 0 bridgehead atoms. The number of hydrogen-bond acceptors (Lipinski definition) is 4. The fraction of sp³-hybridized carbons (Fsp3) is 0.417. The van der Waals surface area contributed by atoms with Crippen LogP contribution in [0.3, 0.4) is 0 Å². The van der Waals surface area contributed by atoms with Gasteiger partial charge in [-0.15, -0.1) is 0 Å². The average Bonchev–Trinajstić information content (AvgIpc) is 2.75. The van der Waals surface area contributed by atoms with Crippen LogP contribution in [0.15, 0.2) is 54.6 Å². The molecule has 0 heterocycles. The Hall–Kier alpha value is -2.58. The van der Waals surface area contributed by atoms with E-state index in [0.717, 1.165) is 16.1 Å². The number of amides is 2. The Morgan fingerprint density at radius 1 is 1.03 bits per heavy atom. The van der Waals surface area contributed by atoms with E-state index in [1.165, 1.54) is 11.0 Å². The molecule has 0 aliphatic carbocycles. The number of carbonyl (C=O) groups excluding carboxylic acids is 2. The molecule has 2 aromatic carbocycles. The zero-order valence-corrected chi connectivity index (χ0v) is 21.1. The number of hydrogen-bond donors (Lipinski definition) is 1. The van der Waals surface area contributed by atoms with Gasteiger partial charge < -0.3 is 10.2 Å². The quantitative estimate of drug-likeness (QED) is 0.520. The van der Waals surface area contributed by atoms with E-state index >= 15 is 0 Å². The first-order valence-corrected chi connectivity index (χ1v) is 13.1. The smallest absolute Gasteiger partial charge is 0.244 e. The lowest BCUT2D eigenvalue weighted by molar-refractivity contribution is -0.138. The predicted octanol–water partition coefficient (Wildman–Crippen LogP) is 3.34. The molecule has 0 radical (unpaired) electrons. The van der Waals surface area contributed by atoms with Crippen molar-refractivity contribution >= 4 is 39.1 Å². The van der Waals surface area contributed by atoms with E-state index in [1.807, 2.05) is 44.2 Å². The zero-order valence-electron chi connectivity index (χ0n) is 19.5. The Labute approximate surface area is 201 Å². The monoisotopic (exact) mass is 493 g/mol. The van der Waals surface area contributed by atoms with Gasteiger partial charge in [0.15, 0.2) is 0 Å². The summed E-state index contributed by atoms with van der Waals surface area (Å²) in [6, 6.07) is 15.2. The van der Waals surface area contributed by atoms with Gasteiger partial charge in [-0.1, -0.05) is 61.8 Å². The minimum absolute atomic E-state index is 0.262. The van der Waals surface area contributed by atoms with Crippen LogP contribution in [0.25, 0.3) is 0 Å². The highest BCUT2D eigenvalue weighted by molar-refractivity contribution is 7.92. The fourth-order valence-electron chi connectivity index (χ4n) is 3.27. The van der Waals surface area contributed by atoms with Gasteiger partial charge in [0.2, 0.25) is 21.8 Å². The first-order chi connectivity index (χ1) is 15.5. The lowest BCUT2D eigenvalue weighted by atomic mass is 10.1. The SMILES string of the molecule is CC(C)CNC(=O)[C@@H](C)N(CCc1ccccc1)C(=O)CN(c1cccc(Cl)c1)S(C)(=O)=O. The summed E-state index contributed by atoms with van der Waals surface area (Å²) in [5.74, 6) is -0.486. The Morgan fingerprint density at radius 2 is 1.70 bits per heavy atom. The predicted molar refractivity (Wildman–Crippen MR) is 133 cm³/mol. The molecule has 2 amide bonds. The largest absolute Gasteiger partial charge is 0.354 e. The lowest BCUT2D eigenvalue weighted by Crippen LogP contribution is -2.52. The maximum absolute atomic E-state index is 13.4. The van der Waals surface area contributed by atoms with Gasteiger partial charge in [-0.3, -0.25) is 13.9 Å². The Bertz CT molecular complexity index is 1040. The second-order valence-corrected chi connectivity index (χ2v) is 10.7. The molecule has 0 saturated carbocycles. The number of sulfonamides is 1. The van der Waals surface area contributed by atoms with Crippen LogP contribution >= 0.6 is 11.6 Å². The minimum Gasteiger partial charge on any atom is -0.354 e. The molecule has 0 aliphatic heterocycles. The van der Waals surface area contributed by atoms with Gasteiger partial charge in [0.25, 0.3) is 0 Å². The molecule has 0 saturated heterocycles. The Balaban J connectivity index is 2.28. The van der Waals surface area contributed by atoms with Gasteiger partial charge in [0.05, 0.1) is 11.9 Å². The van der Waals surface area contributed by atoms with Gasteiger partial charge in [-0.2, -0.15) is 0 Å². The number of anilines is 1. The van der Waals surface area contributed by atoms with E-state index < -0.39 is 28.5 Å². The van der Waals surface area contributed by atoms with Crippen LogP contribution < -0.4 is 9.62 Å². The van der Waals surface area contributed by atoms with Crippen LogP contribution in [0, 0.1) is 5.92 Å². The summed E-state index contributed by atoms with van der Waals surface area (Å²) in [5, 5.41) is 3.21. The number of carbonyl (C=O) groups is 2. The molecule has 0 spiro atoms. The molecule has 7 nitrogen and oxygen atoms in total. The molecule has 1 N–H and O–H groups in total. The number of nitrogens with one attached hydrogen (secondary N) is 1. The molecule has 0 aliphatic rings. The van der Waals surface area contributed by atoms with Crippen molar-refractivity contribution in [2.45, 2.75) is 33.2 Å². The molecule has 0 unspecified atom stereocenters. The second kappa shape index (κ2) is 12.0. The summed E-state index contributed by atoms with van der Waals surface area (Å²) in [4.78, 5) is 27.6. The molecule has 2 rings (SSSR count). The van der Waals surface area contributed by atoms with Gasteiger partial charge in [0.1, 0.15) is 12.6 Å². The lowest BCUT2D eigenvalue weighted by Gasteiger charge is -2.31. The fourth-order valence-corrected chi connectivity index (χ4v) is 4.29. The highest BCUT2D eigenvalue weighted by atomic mass is 35.5. The van der Waals surface area contributed by atoms with Crippen LogP contribution in [0.1, 0.15) is 26.3 Å². The van der Waals surface area contributed by atoms with Crippen molar-refractivity contribution < 1.29 is 18.0 Å². The number of halogens is 1. The molecule has 9 heteroatoms. The van der Waals surface area contributed by atoms with Crippen molar-refractivity contribution in [2.75, 3.05) is 30.2 Å². The van der Waals surface area contributed by atoms with Gasteiger partial charge >= 0.3 is 0 Å². The minimum atomic E-state index is -3.77. The summed E-state index contributed by atoms with van der Waals surface area (Å²) >= 11 is 6.04. The van der Waals surface area contributed by atoms with Crippen molar-refractivity contribution in [2.24, 2.45) is 5.92 Å². The van der Waals surface area contributed by atoms with Crippen molar-refractivity contribution in [3.63, 3.8) is 0 Å². The summed E-state index contributed by atoms with van der Waals surface area (Å²) in [7, 11) is -3.77. The highest BCUT2D eigenvalue weighted by Crippen LogP contribution is 2.22. The normalized spacial score (nSPS) is 12.3. The molecule has 2 aromatic rings. The van der Waals surface area contributed by atoms with E-state index in [2.05, 4.69) is 5.32 Å². The Morgan fingerprint density at radius 3 is 2.27 bits per heavy atom. The third kappa shape index (κ3) is 8.37. The summed E-state index contributed by atoms with van der Waals surface area (Å²) in [6.45, 7) is 5.95. The van der Waals surface area contributed by atoms with E-state index in [4.69, 9.17) is 11.6 Å². The first-order valence-electron chi connectivity index (χ1n) is 10.8. The second-order valence-electron chi connectivity index (χ2n) is 8.39. The topological polar surface area (TPSA) is 86.8 Å². The van der Waals surface area contributed by atoms with Crippen LogP contribution in [-0.2, 0) is 26.0 Å². The number of benzene rings is 2. The maximum Gasteiger partial charge on any atom is 0.244 e. The molecular formula is C24H32ClN3O4S. The third-order valence-corrected chi connectivity index (χ3v) is 6.49. The summed E-state index contributed by atoms with van der Waals surface area (Å²) < 4.78 is 26.0. The van der Waals surface area contributed by atoms with Crippen molar-refractivity contribution in [1.82, 2.24) is 10.2 Å². The van der Waals surface area contributed by atoms with Crippen molar-refractivity contribution in [1.29, 1.82) is 0 Å². The molecular weight excluding hydrogens is 462 g/mol. The Kier molecular flexibility index (Phi) is 9.73. The molecule has 0 fully saturated rings. The highest BCUT2D eigenvalue weighted by Gasteiger charge is 2.29. The number of nitrogens with zero attached hydrogens (tertiary/aromatic N) is 2. The van der Waals surface area contributed by atoms with Crippen LogP contribution in [0.5, 0.6) is 0 Å². The van der Waals surface area contributed by atoms with Gasteiger partial charge in [0, 0.05) is 18.1 Å². The maximum atomic E-state index is 13.4. The van der Waals surface area contributed by atoms with Crippen LogP contribution in [-0.4, -0.2) is 57.1 Å². The van der Waals surface area contributed by atoms with Gasteiger partial charge in [-0.25, -0.2) is 8.42 Å². The first kappa shape index (κ1) is 26.7. The average molecular weight is 494 g/mol. The van der Waals surface area contributed by atoms with Crippen LogP contribution in [0.4, 0.5) is 5.69 Å². The van der Waals surface area contributed by atoms with E-state index in [-0.39, 0.29) is 18.4 Å². The zero-order chi connectivity index (χ0) is 24.6. The van der Waals surface area contributed by atoms with E-state index in [0.29, 0.717) is 23.7 Å². The van der Waals surface area contributed by atoms with Crippen LogP contribution in [0.2, 0.25) is 5.02 Å². The molecule has 1 atom stereocenters. The van der Waals surface area contributed by atoms with E-state index in [1.54, 1.807) is 25.1 Å². The van der Waals surface area contributed by atoms with Crippen molar-refractivity contribution in [3.05, 3.63) is 65.2 Å². The number of rotatable bonds is 11.